The Morgan fingerprint density at radius 1 is 0.971 bits per heavy atom. The first-order valence-corrected chi connectivity index (χ1v) is 12.3. The Labute approximate surface area is 220 Å². The quantitative estimate of drug-likeness (QED) is 0.286. The highest BCUT2D eigenvalue weighted by molar-refractivity contribution is 7.80. The number of nitrogens with zero attached hydrogens (tertiary/aromatic N) is 3. The standard InChI is InChI=1S/C27H24Cl2N4OS/c1-16-14-21(17(2)32(16)19-9-7-18(28)8-10-19)26-25(23-6-4-5-13-30-23)31-27(35)33(26)20-11-12-24(34-3)22(29)15-20/h4-15,25-26H,1-3H3,(H,31,35)/t25-,26+/m0/s1. The minimum Gasteiger partial charge on any atom is -0.495 e. The lowest BCUT2D eigenvalue weighted by atomic mass is 9.96. The van der Waals surface area contributed by atoms with Gasteiger partial charge in [-0.3, -0.25) is 4.98 Å². The lowest BCUT2D eigenvalue weighted by Gasteiger charge is -2.28. The van der Waals surface area contributed by atoms with Gasteiger partial charge < -0.3 is 19.5 Å². The normalized spacial score (nSPS) is 17.5. The topological polar surface area (TPSA) is 42.3 Å². The van der Waals surface area contributed by atoms with Crippen LogP contribution < -0.4 is 15.0 Å². The average molecular weight is 523 g/mol. The number of benzene rings is 2. The summed E-state index contributed by atoms with van der Waals surface area (Å²) in [6.07, 6.45) is 1.81. The molecule has 2 atom stereocenters. The number of ether oxygens (including phenoxy) is 1. The zero-order chi connectivity index (χ0) is 24.7. The highest BCUT2D eigenvalue weighted by atomic mass is 35.5. The lowest BCUT2D eigenvalue weighted by Crippen LogP contribution is -2.29. The fourth-order valence-corrected chi connectivity index (χ4v) is 5.55. The van der Waals surface area contributed by atoms with Gasteiger partial charge in [-0.05, 0) is 92.3 Å². The molecule has 3 heterocycles. The van der Waals surface area contributed by atoms with Crippen LogP contribution in [0.3, 0.4) is 0 Å². The first-order valence-electron chi connectivity index (χ1n) is 11.2. The summed E-state index contributed by atoms with van der Waals surface area (Å²) in [5, 5.41) is 5.36. The molecule has 2 aromatic carbocycles. The number of nitrogens with one attached hydrogen (secondary N) is 1. The third-order valence-corrected chi connectivity index (χ3v) is 7.25. The van der Waals surface area contributed by atoms with Gasteiger partial charge in [0.25, 0.3) is 0 Å². The predicted molar refractivity (Wildman–Crippen MR) is 146 cm³/mol. The van der Waals surface area contributed by atoms with Crippen LogP contribution in [0, 0.1) is 13.8 Å². The number of thiocarbonyl (C=S) groups is 1. The summed E-state index contributed by atoms with van der Waals surface area (Å²) < 4.78 is 7.60. The van der Waals surface area contributed by atoms with Gasteiger partial charge in [0.05, 0.1) is 29.9 Å². The van der Waals surface area contributed by atoms with Crippen molar-refractivity contribution in [1.82, 2.24) is 14.9 Å². The van der Waals surface area contributed by atoms with Crippen LogP contribution in [0.4, 0.5) is 5.69 Å². The molecule has 5 rings (SSSR count). The number of halogens is 2. The summed E-state index contributed by atoms with van der Waals surface area (Å²) in [5.41, 5.74) is 6.23. The molecule has 0 radical (unpaired) electrons. The molecule has 0 aliphatic carbocycles. The van der Waals surface area contributed by atoms with Gasteiger partial charge in [0.1, 0.15) is 5.75 Å². The van der Waals surface area contributed by atoms with Crippen molar-refractivity contribution in [3.8, 4) is 11.4 Å². The summed E-state index contributed by atoms with van der Waals surface area (Å²) in [4.78, 5) is 6.77. The summed E-state index contributed by atoms with van der Waals surface area (Å²) in [7, 11) is 1.61. The number of aryl methyl sites for hydroxylation is 1. The molecule has 1 aliphatic rings. The molecule has 0 bridgehead atoms. The number of rotatable bonds is 5. The highest BCUT2D eigenvalue weighted by Gasteiger charge is 2.42. The van der Waals surface area contributed by atoms with Crippen molar-refractivity contribution >= 4 is 46.2 Å². The largest absolute Gasteiger partial charge is 0.495 e. The third kappa shape index (κ3) is 4.27. The van der Waals surface area contributed by atoms with Crippen molar-refractivity contribution < 1.29 is 4.74 Å². The van der Waals surface area contributed by atoms with E-state index in [9.17, 15) is 0 Å². The van der Waals surface area contributed by atoms with E-state index in [-0.39, 0.29) is 12.1 Å². The molecule has 178 valence electrons. The minimum atomic E-state index is -0.149. The Kier molecular flexibility index (Phi) is 6.45. The maximum atomic E-state index is 6.51. The van der Waals surface area contributed by atoms with Crippen LogP contribution in [0.15, 0.2) is 72.9 Å². The summed E-state index contributed by atoms with van der Waals surface area (Å²) >= 11 is 18.5. The van der Waals surface area contributed by atoms with Crippen LogP contribution in [0.1, 0.15) is 34.7 Å². The molecule has 1 aliphatic heterocycles. The molecule has 5 nitrogen and oxygen atoms in total. The summed E-state index contributed by atoms with van der Waals surface area (Å²) in [5.74, 6) is 0.618. The monoisotopic (exact) mass is 522 g/mol. The molecule has 8 heteroatoms. The number of pyridine rings is 1. The maximum absolute atomic E-state index is 6.51. The molecule has 0 spiro atoms. The van der Waals surface area contributed by atoms with Gasteiger partial charge in [-0.15, -0.1) is 0 Å². The van der Waals surface area contributed by atoms with E-state index in [1.54, 1.807) is 13.3 Å². The van der Waals surface area contributed by atoms with E-state index in [1.165, 1.54) is 0 Å². The van der Waals surface area contributed by atoms with E-state index in [0.717, 1.165) is 34.0 Å². The van der Waals surface area contributed by atoms with Crippen molar-refractivity contribution in [2.75, 3.05) is 12.0 Å². The van der Waals surface area contributed by atoms with Crippen molar-refractivity contribution in [3.05, 3.63) is 106 Å². The number of methoxy groups -OCH3 is 1. The maximum Gasteiger partial charge on any atom is 0.174 e. The lowest BCUT2D eigenvalue weighted by molar-refractivity contribution is 0.415. The van der Waals surface area contributed by atoms with E-state index in [0.29, 0.717) is 20.9 Å². The number of aromatic nitrogens is 2. The second kappa shape index (κ2) is 9.53. The van der Waals surface area contributed by atoms with Gasteiger partial charge in [-0.1, -0.05) is 29.3 Å². The van der Waals surface area contributed by atoms with Crippen molar-refractivity contribution in [3.63, 3.8) is 0 Å². The molecule has 0 saturated carbocycles. The van der Waals surface area contributed by atoms with E-state index in [2.05, 4.69) is 39.7 Å². The van der Waals surface area contributed by atoms with E-state index in [4.69, 9.17) is 40.2 Å². The Hall–Kier alpha value is -3.06. The van der Waals surface area contributed by atoms with Gasteiger partial charge in [0.2, 0.25) is 0 Å². The van der Waals surface area contributed by atoms with Crippen LogP contribution >= 0.6 is 35.4 Å². The molecule has 0 amide bonds. The molecule has 35 heavy (non-hydrogen) atoms. The minimum absolute atomic E-state index is 0.144. The summed E-state index contributed by atoms with van der Waals surface area (Å²) in [6, 6.07) is 21.5. The van der Waals surface area contributed by atoms with Crippen LogP contribution in [0.5, 0.6) is 5.75 Å². The van der Waals surface area contributed by atoms with Gasteiger partial charge >= 0.3 is 0 Å². The zero-order valence-electron chi connectivity index (χ0n) is 19.5. The predicted octanol–water partition coefficient (Wildman–Crippen LogP) is 6.98. The second-order valence-corrected chi connectivity index (χ2v) is 9.68. The number of hydrogen-bond acceptors (Lipinski definition) is 3. The van der Waals surface area contributed by atoms with Gasteiger partial charge in [0, 0.05) is 34.0 Å². The number of hydrogen-bond donors (Lipinski definition) is 1. The van der Waals surface area contributed by atoms with E-state index >= 15 is 0 Å². The average Bonchev–Trinajstić information content (AvgIpc) is 3.35. The Morgan fingerprint density at radius 2 is 1.71 bits per heavy atom. The van der Waals surface area contributed by atoms with Crippen molar-refractivity contribution in [2.45, 2.75) is 25.9 Å². The molecule has 1 N–H and O–H groups in total. The fraction of sp³-hybridized carbons (Fsp3) is 0.185. The third-order valence-electron chi connectivity index (χ3n) is 6.39. The SMILES string of the molecule is COc1ccc(N2C(=S)N[C@@H](c3ccccn3)[C@H]2c2cc(C)n(-c3ccc(Cl)cc3)c2C)cc1Cl. The zero-order valence-corrected chi connectivity index (χ0v) is 21.8. The first-order chi connectivity index (χ1) is 16.9. The first kappa shape index (κ1) is 23.7. The molecule has 1 saturated heterocycles. The molecular formula is C27H24Cl2N4OS. The van der Waals surface area contributed by atoms with E-state index in [1.807, 2.05) is 60.7 Å². The Morgan fingerprint density at radius 3 is 2.37 bits per heavy atom. The number of anilines is 1. The molecule has 4 aromatic rings. The molecule has 2 aromatic heterocycles. The van der Waals surface area contributed by atoms with Gasteiger partial charge in [-0.25, -0.2) is 0 Å². The molecule has 1 fully saturated rings. The fourth-order valence-electron chi connectivity index (χ4n) is 4.83. The van der Waals surface area contributed by atoms with Crippen LogP contribution in [-0.2, 0) is 0 Å². The smallest absolute Gasteiger partial charge is 0.174 e. The highest BCUT2D eigenvalue weighted by Crippen LogP contribution is 2.44. The second-order valence-electron chi connectivity index (χ2n) is 8.45. The van der Waals surface area contributed by atoms with Crippen LogP contribution in [0.2, 0.25) is 10.0 Å². The molecule has 0 unspecified atom stereocenters. The Bertz CT molecular complexity index is 1390. The molecular weight excluding hydrogens is 499 g/mol. The van der Waals surface area contributed by atoms with Gasteiger partial charge in [-0.2, -0.15) is 0 Å². The van der Waals surface area contributed by atoms with Crippen LogP contribution in [0.25, 0.3) is 5.69 Å². The van der Waals surface area contributed by atoms with E-state index < -0.39 is 0 Å². The van der Waals surface area contributed by atoms with Crippen molar-refractivity contribution in [1.29, 1.82) is 0 Å². The van der Waals surface area contributed by atoms with Crippen LogP contribution in [-0.4, -0.2) is 21.8 Å². The summed E-state index contributed by atoms with van der Waals surface area (Å²) in [6.45, 7) is 4.24. The van der Waals surface area contributed by atoms with Crippen molar-refractivity contribution in [2.24, 2.45) is 0 Å². The Balaban J connectivity index is 1.67. The van der Waals surface area contributed by atoms with Gasteiger partial charge in [0.15, 0.2) is 5.11 Å².